The molecule has 122 valence electrons. The van der Waals surface area contributed by atoms with E-state index in [4.69, 9.17) is 16.3 Å². The van der Waals surface area contributed by atoms with E-state index in [0.29, 0.717) is 19.4 Å². The highest BCUT2D eigenvalue weighted by Gasteiger charge is 2.34. The molecule has 8 heteroatoms. The van der Waals surface area contributed by atoms with Gasteiger partial charge < -0.3 is 4.74 Å². The molecule has 0 unspecified atom stereocenters. The predicted octanol–water partition coefficient (Wildman–Crippen LogP) is 2.44. The Hall–Kier alpha value is -1.18. The number of carbonyl (C=O) groups is 1. The van der Waals surface area contributed by atoms with Crippen LogP contribution in [0.3, 0.4) is 0 Å². The van der Waals surface area contributed by atoms with Gasteiger partial charge in [-0.1, -0.05) is 11.6 Å². The number of carbonyl (C=O) groups excluding carboxylic acids is 1. The van der Waals surface area contributed by atoms with Crippen molar-refractivity contribution in [2.75, 3.05) is 19.7 Å². The van der Waals surface area contributed by atoms with Crippen molar-refractivity contribution in [2.45, 2.75) is 24.7 Å². The molecule has 0 aromatic heterocycles. The van der Waals surface area contributed by atoms with E-state index in [1.54, 1.807) is 6.92 Å². The average molecular weight is 350 g/mol. The van der Waals surface area contributed by atoms with Crippen LogP contribution in [0.5, 0.6) is 0 Å². The largest absolute Gasteiger partial charge is 0.466 e. The zero-order valence-corrected chi connectivity index (χ0v) is 13.7. The minimum absolute atomic E-state index is 0.0656. The number of ether oxygens (including phenoxy) is 1. The molecule has 0 N–H and O–H groups in total. The maximum atomic E-state index is 13.2. The van der Waals surface area contributed by atoms with Crippen molar-refractivity contribution in [3.05, 3.63) is 29.0 Å². The molecule has 0 radical (unpaired) electrons. The van der Waals surface area contributed by atoms with Crippen LogP contribution in [0.1, 0.15) is 19.8 Å². The summed E-state index contributed by atoms with van der Waals surface area (Å²) >= 11 is 5.65. The van der Waals surface area contributed by atoms with Gasteiger partial charge in [0.2, 0.25) is 10.0 Å². The monoisotopic (exact) mass is 349 g/mol. The molecule has 1 heterocycles. The number of benzene rings is 1. The van der Waals surface area contributed by atoms with Gasteiger partial charge >= 0.3 is 5.97 Å². The lowest BCUT2D eigenvalue weighted by Gasteiger charge is -2.30. The molecule has 5 nitrogen and oxygen atoms in total. The van der Waals surface area contributed by atoms with E-state index >= 15 is 0 Å². The second kappa shape index (κ2) is 6.93. The average Bonchev–Trinajstić information content (AvgIpc) is 2.50. The number of sulfonamides is 1. The fourth-order valence-corrected chi connectivity index (χ4v) is 4.20. The summed E-state index contributed by atoms with van der Waals surface area (Å²) in [6.45, 7) is 2.34. The third-order valence-electron chi connectivity index (χ3n) is 3.53. The molecule has 1 aromatic rings. The summed E-state index contributed by atoms with van der Waals surface area (Å²) in [6, 6.07) is 3.27. The summed E-state index contributed by atoms with van der Waals surface area (Å²) in [4.78, 5) is 11.7. The third-order valence-corrected chi connectivity index (χ3v) is 5.68. The molecule has 2 rings (SSSR count). The summed E-state index contributed by atoms with van der Waals surface area (Å²) in [7, 11) is -3.81. The van der Waals surface area contributed by atoms with Gasteiger partial charge in [-0.05, 0) is 38.0 Å². The minimum atomic E-state index is -3.81. The van der Waals surface area contributed by atoms with Gasteiger partial charge in [0.15, 0.2) is 0 Å². The number of rotatable bonds is 4. The van der Waals surface area contributed by atoms with Gasteiger partial charge in [0, 0.05) is 13.1 Å². The van der Waals surface area contributed by atoms with Gasteiger partial charge in [-0.25, -0.2) is 12.8 Å². The lowest BCUT2D eigenvalue weighted by molar-refractivity contribution is -0.149. The Labute approximate surface area is 134 Å². The Morgan fingerprint density at radius 1 is 1.50 bits per heavy atom. The standard InChI is InChI=1S/C14H17ClFNO4S/c1-2-21-14(18)10-4-3-7-17(9-10)22(19,20)11-5-6-13(16)12(15)8-11/h5-6,8,10H,2-4,7,9H2,1H3/t10-/m0/s1. The van der Waals surface area contributed by atoms with E-state index in [1.807, 2.05) is 0 Å². The summed E-state index contributed by atoms with van der Waals surface area (Å²) in [6.07, 6.45) is 1.16. The van der Waals surface area contributed by atoms with Crippen LogP contribution >= 0.6 is 11.6 Å². The molecule has 1 atom stereocenters. The maximum absolute atomic E-state index is 13.2. The zero-order valence-electron chi connectivity index (χ0n) is 12.1. The Morgan fingerprint density at radius 2 is 2.23 bits per heavy atom. The molecule has 0 aliphatic carbocycles. The van der Waals surface area contributed by atoms with E-state index in [9.17, 15) is 17.6 Å². The lowest BCUT2D eigenvalue weighted by Crippen LogP contribution is -2.42. The molecule has 1 aliphatic rings. The Balaban J connectivity index is 2.21. The van der Waals surface area contributed by atoms with Crippen molar-refractivity contribution in [2.24, 2.45) is 5.92 Å². The van der Waals surface area contributed by atoms with Crippen molar-refractivity contribution in [3.63, 3.8) is 0 Å². The first-order valence-corrected chi connectivity index (χ1v) is 8.80. The van der Waals surface area contributed by atoms with Crippen LogP contribution in [0, 0.1) is 11.7 Å². The van der Waals surface area contributed by atoms with Crippen molar-refractivity contribution in [1.82, 2.24) is 4.31 Å². The van der Waals surface area contributed by atoms with E-state index in [0.717, 1.165) is 12.1 Å². The fourth-order valence-electron chi connectivity index (χ4n) is 2.40. The van der Waals surface area contributed by atoms with Crippen molar-refractivity contribution in [3.8, 4) is 0 Å². The highest BCUT2D eigenvalue weighted by Crippen LogP contribution is 2.26. The molecule has 0 bridgehead atoms. The predicted molar refractivity (Wildman–Crippen MR) is 79.5 cm³/mol. The molecule has 1 saturated heterocycles. The quantitative estimate of drug-likeness (QED) is 0.783. The van der Waals surface area contributed by atoms with Gasteiger partial charge in [0.25, 0.3) is 0 Å². The number of esters is 1. The lowest BCUT2D eigenvalue weighted by atomic mass is 10.0. The Kier molecular flexibility index (Phi) is 5.41. The highest BCUT2D eigenvalue weighted by atomic mass is 35.5. The van der Waals surface area contributed by atoms with Gasteiger partial charge in [-0.2, -0.15) is 4.31 Å². The number of hydrogen-bond acceptors (Lipinski definition) is 4. The van der Waals surface area contributed by atoms with E-state index < -0.39 is 21.8 Å². The molecule has 1 aromatic carbocycles. The summed E-state index contributed by atoms with van der Waals surface area (Å²) in [5.41, 5.74) is 0. The van der Waals surface area contributed by atoms with Crippen LogP contribution in [0.15, 0.2) is 23.1 Å². The summed E-state index contributed by atoms with van der Waals surface area (Å²) in [5.74, 6) is -1.54. The molecule has 1 fully saturated rings. The molecule has 0 saturated carbocycles. The van der Waals surface area contributed by atoms with Crippen molar-refractivity contribution in [1.29, 1.82) is 0 Å². The van der Waals surface area contributed by atoms with Gasteiger partial charge in [-0.15, -0.1) is 0 Å². The molecule has 0 amide bonds. The maximum Gasteiger partial charge on any atom is 0.310 e. The molecular weight excluding hydrogens is 333 g/mol. The highest BCUT2D eigenvalue weighted by molar-refractivity contribution is 7.89. The van der Waals surface area contributed by atoms with E-state index in [-0.39, 0.29) is 29.0 Å². The van der Waals surface area contributed by atoms with Crippen LogP contribution in [-0.2, 0) is 19.6 Å². The number of nitrogens with zero attached hydrogens (tertiary/aromatic N) is 1. The molecular formula is C14H17ClFNO4S. The van der Waals surface area contributed by atoms with Gasteiger partial charge in [0.05, 0.1) is 22.4 Å². The van der Waals surface area contributed by atoms with Gasteiger partial charge in [0.1, 0.15) is 5.82 Å². The smallest absolute Gasteiger partial charge is 0.310 e. The van der Waals surface area contributed by atoms with Crippen LogP contribution in [0.2, 0.25) is 5.02 Å². The summed E-state index contributed by atoms with van der Waals surface area (Å²) in [5, 5.41) is -0.250. The first-order valence-electron chi connectivity index (χ1n) is 6.98. The minimum Gasteiger partial charge on any atom is -0.466 e. The fraction of sp³-hybridized carbons (Fsp3) is 0.500. The van der Waals surface area contributed by atoms with Crippen molar-refractivity contribution < 1.29 is 22.3 Å². The van der Waals surface area contributed by atoms with Crippen LogP contribution in [0.25, 0.3) is 0 Å². The summed E-state index contributed by atoms with van der Waals surface area (Å²) < 4.78 is 44.5. The normalized spacial score (nSPS) is 19.9. The number of hydrogen-bond donors (Lipinski definition) is 0. The first kappa shape index (κ1) is 17.2. The van der Waals surface area contributed by atoms with Crippen molar-refractivity contribution >= 4 is 27.6 Å². The number of halogens is 2. The van der Waals surface area contributed by atoms with E-state index in [1.165, 1.54) is 10.4 Å². The van der Waals surface area contributed by atoms with E-state index in [2.05, 4.69) is 0 Å². The van der Waals surface area contributed by atoms with Crippen LogP contribution in [0.4, 0.5) is 4.39 Å². The SMILES string of the molecule is CCOC(=O)[C@H]1CCCN(S(=O)(=O)c2ccc(F)c(Cl)c2)C1. The Bertz CT molecular complexity index is 665. The third kappa shape index (κ3) is 3.59. The zero-order chi connectivity index (χ0) is 16.3. The first-order chi connectivity index (χ1) is 10.4. The second-order valence-corrected chi connectivity index (χ2v) is 7.38. The number of piperidine rings is 1. The van der Waals surface area contributed by atoms with Gasteiger partial charge in [-0.3, -0.25) is 4.79 Å². The molecule has 1 aliphatic heterocycles. The second-order valence-electron chi connectivity index (χ2n) is 5.03. The Morgan fingerprint density at radius 3 is 2.86 bits per heavy atom. The van der Waals surface area contributed by atoms with Crippen LogP contribution < -0.4 is 0 Å². The van der Waals surface area contributed by atoms with Crippen LogP contribution in [-0.4, -0.2) is 38.4 Å². The molecule has 22 heavy (non-hydrogen) atoms. The topological polar surface area (TPSA) is 63.7 Å². The molecule has 0 spiro atoms.